The van der Waals surface area contributed by atoms with Crippen LogP contribution in [0.15, 0.2) is 48.7 Å². The Morgan fingerprint density at radius 1 is 1.10 bits per heavy atom. The Balaban J connectivity index is 1.38. The quantitative estimate of drug-likeness (QED) is 0.574. The molecule has 1 N–H and O–H groups in total. The number of carbonyl (C=O) groups excluding carboxylic acids is 1. The smallest absolute Gasteiger partial charge is 0.239 e. The molecule has 1 saturated carbocycles. The van der Waals surface area contributed by atoms with Crippen LogP contribution in [0.2, 0.25) is 0 Å². The lowest BCUT2D eigenvalue weighted by molar-refractivity contribution is -0.121. The van der Waals surface area contributed by atoms with Gasteiger partial charge in [0.2, 0.25) is 5.91 Å². The molecule has 2 aromatic carbocycles. The Labute approximate surface area is 184 Å². The van der Waals surface area contributed by atoms with Crippen molar-refractivity contribution in [1.29, 1.82) is 0 Å². The predicted molar refractivity (Wildman–Crippen MR) is 125 cm³/mol. The fourth-order valence-corrected chi connectivity index (χ4v) is 4.56. The zero-order valence-electron chi connectivity index (χ0n) is 18.5. The maximum absolute atomic E-state index is 14.0. The van der Waals surface area contributed by atoms with Crippen molar-refractivity contribution in [2.24, 2.45) is 0 Å². The number of halogens is 1. The van der Waals surface area contributed by atoms with Crippen LogP contribution in [0.5, 0.6) is 0 Å². The SMILES string of the molecule is Cc1ccc(-c2ccc3ccn(CC(=O)NCCN(C)C4CCCCC4)c3c2)cc1F. The molecule has 1 aliphatic rings. The van der Waals surface area contributed by atoms with Crippen LogP contribution in [0.25, 0.3) is 22.0 Å². The number of hydrogen-bond acceptors (Lipinski definition) is 2. The van der Waals surface area contributed by atoms with E-state index in [2.05, 4.69) is 17.3 Å². The lowest BCUT2D eigenvalue weighted by Gasteiger charge is -2.31. The first-order chi connectivity index (χ1) is 15.0. The second-order valence-electron chi connectivity index (χ2n) is 8.80. The Hall–Kier alpha value is -2.66. The second-order valence-corrected chi connectivity index (χ2v) is 8.80. The first kappa shape index (κ1) is 21.6. The van der Waals surface area contributed by atoms with Crippen molar-refractivity contribution in [1.82, 2.24) is 14.8 Å². The van der Waals surface area contributed by atoms with E-state index < -0.39 is 0 Å². The van der Waals surface area contributed by atoms with Crippen LogP contribution in [0.1, 0.15) is 37.7 Å². The van der Waals surface area contributed by atoms with Crippen LogP contribution in [-0.2, 0) is 11.3 Å². The molecule has 0 radical (unpaired) electrons. The molecule has 0 atom stereocenters. The third-order valence-electron chi connectivity index (χ3n) is 6.58. The number of hydrogen-bond donors (Lipinski definition) is 1. The van der Waals surface area contributed by atoms with Crippen LogP contribution < -0.4 is 5.32 Å². The van der Waals surface area contributed by atoms with E-state index in [-0.39, 0.29) is 18.3 Å². The molecular weight excluding hydrogens is 389 g/mol. The van der Waals surface area contributed by atoms with Crippen LogP contribution in [-0.4, -0.2) is 41.6 Å². The summed E-state index contributed by atoms with van der Waals surface area (Å²) in [6.45, 7) is 3.59. The zero-order valence-corrected chi connectivity index (χ0v) is 18.5. The Morgan fingerprint density at radius 3 is 2.61 bits per heavy atom. The topological polar surface area (TPSA) is 37.3 Å². The molecule has 1 fully saturated rings. The molecule has 0 saturated heterocycles. The minimum absolute atomic E-state index is 0.0151. The molecule has 4 nitrogen and oxygen atoms in total. The van der Waals surface area contributed by atoms with Gasteiger partial charge in [-0.15, -0.1) is 0 Å². The number of benzene rings is 2. The molecule has 1 aromatic heterocycles. The van der Waals surface area contributed by atoms with E-state index >= 15 is 0 Å². The maximum atomic E-state index is 14.0. The van der Waals surface area contributed by atoms with E-state index in [0.717, 1.165) is 28.6 Å². The summed E-state index contributed by atoms with van der Waals surface area (Å²) in [7, 11) is 2.16. The number of fused-ring (bicyclic) bond motifs is 1. The monoisotopic (exact) mass is 421 g/mol. The third-order valence-corrected chi connectivity index (χ3v) is 6.58. The highest BCUT2D eigenvalue weighted by Crippen LogP contribution is 2.26. The molecule has 1 amide bonds. The standard InChI is InChI=1S/C26H32FN3O/c1-19-8-9-21(16-24(19)27)22-11-10-20-12-14-30(25(20)17-22)18-26(31)28-13-15-29(2)23-6-4-3-5-7-23/h8-12,14,16-17,23H,3-7,13,15,18H2,1-2H3,(H,28,31). The summed E-state index contributed by atoms with van der Waals surface area (Å²) < 4.78 is 16.0. The molecule has 0 bridgehead atoms. The summed E-state index contributed by atoms with van der Waals surface area (Å²) >= 11 is 0. The molecule has 31 heavy (non-hydrogen) atoms. The zero-order chi connectivity index (χ0) is 21.8. The summed E-state index contributed by atoms with van der Waals surface area (Å²) in [4.78, 5) is 14.9. The first-order valence-corrected chi connectivity index (χ1v) is 11.3. The summed E-state index contributed by atoms with van der Waals surface area (Å²) in [5.74, 6) is -0.188. The molecule has 5 heteroatoms. The predicted octanol–water partition coefficient (Wildman–Crippen LogP) is 5.14. The Kier molecular flexibility index (Phi) is 6.71. The largest absolute Gasteiger partial charge is 0.353 e. The van der Waals surface area contributed by atoms with Crippen molar-refractivity contribution in [2.45, 2.75) is 51.6 Å². The fourth-order valence-electron chi connectivity index (χ4n) is 4.56. The second kappa shape index (κ2) is 9.65. The van der Waals surface area contributed by atoms with E-state index in [4.69, 9.17) is 0 Å². The van der Waals surface area contributed by atoms with Gasteiger partial charge in [-0.1, -0.05) is 43.5 Å². The highest BCUT2D eigenvalue weighted by molar-refractivity contribution is 5.87. The van der Waals surface area contributed by atoms with Gasteiger partial charge in [0.05, 0.1) is 0 Å². The number of carbonyl (C=O) groups is 1. The van der Waals surface area contributed by atoms with Crippen molar-refractivity contribution in [3.63, 3.8) is 0 Å². The van der Waals surface area contributed by atoms with E-state index in [1.54, 1.807) is 19.1 Å². The molecular formula is C26H32FN3O. The van der Waals surface area contributed by atoms with Gasteiger partial charge in [0.25, 0.3) is 0 Å². The number of likely N-dealkylation sites (N-methyl/N-ethyl adjacent to an activating group) is 1. The van der Waals surface area contributed by atoms with Gasteiger partial charge in [0.1, 0.15) is 12.4 Å². The molecule has 164 valence electrons. The maximum Gasteiger partial charge on any atom is 0.239 e. The number of aromatic nitrogens is 1. The van der Waals surface area contributed by atoms with Crippen LogP contribution in [0, 0.1) is 12.7 Å². The highest BCUT2D eigenvalue weighted by Gasteiger charge is 2.17. The van der Waals surface area contributed by atoms with Gasteiger partial charge < -0.3 is 14.8 Å². The minimum atomic E-state index is -0.203. The van der Waals surface area contributed by atoms with E-state index in [1.807, 2.05) is 41.1 Å². The molecule has 3 aromatic rings. The average Bonchev–Trinajstić information content (AvgIpc) is 3.18. The Bertz CT molecular complexity index is 1050. The number of nitrogens with one attached hydrogen (secondary N) is 1. The minimum Gasteiger partial charge on any atom is -0.353 e. The van der Waals surface area contributed by atoms with Crippen LogP contribution in [0.3, 0.4) is 0 Å². The van der Waals surface area contributed by atoms with Crippen molar-refractivity contribution in [2.75, 3.05) is 20.1 Å². The summed E-state index contributed by atoms with van der Waals surface area (Å²) in [5.41, 5.74) is 3.40. The van der Waals surface area contributed by atoms with Crippen LogP contribution >= 0.6 is 0 Å². The summed E-state index contributed by atoms with van der Waals surface area (Å²) in [5, 5.41) is 4.14. The van der Waals surface area contributed by atoms with Gasteiger partial charge in [-0.05, 0) is 67.1 Å². The van der Waals surface area contributed by atoms with E-state index in [1.165, 1.54) is 32.1 Å². The number of aryl methyl sites for hydroxylation is 1. The third kappa shape index (κ3) is 5.16. The van der Waals surface area contributed by atoms with E-state index in [0.29, 0.717) is 18.2 Å². The van der Waals surface area contributed by atoms with Gasteiger partial charge in [-0.2, -0.15) is 0 Å². The molecule has 0 aliphatic heterocycles. The van der Waals surface area contributed by atoms with Crippen molar-refractivity contribution in [3.05, 3.63) is 60.0 Å². The number of nitrogens with zero attached hydrogens (tertiary/aromatic N) is 2. The molecule has 1 aliphatic carbocycles. The Morgan fingerprint density at radius 2 is 1.84 bits per heavy atom. The lowest BCUT2D eigenvalue weighted by Crippen LogP contribution is -2.40. The summed E-state index contributed by atoms with van der Waals surface area (Å²) in [6.07, 6.45) is 8.48. The summed E-state index contributed by atoms with van der Waals surface area (Å²) in [6, 6.07) is 14.0. The number of rotatable bonds is 7. The first-order valence-electron chi connectivity index (χ1n) is 11.3. The van der Waals surface area contributed by atoms with E-state index in [9.17, 15) is 9.18 Å². The van der Waals surface area contributed by atoms with Crippen molar-refractivity contribution in [3.8, 4) is 11.1 Å². The molecule has 1 heterocycles. The van der Waals surface area contributed by atoms with Gasteiger partial charge in [0, 0.05) is 30.8 Å². The van der Waals surface area contributed by atoms with Crippen molar-refractivity contribution < 1.29 is 9.18 Å². The lowest BCUT2D eigenvalue weighted by atomic mass is 9.94. The highest BCUT2D eigenvalue weighted by atomic mass is 19.1. The van der Waals surface area contributed by atoms with Gasteiger partial charge in [-0.25, -0.2) is 4.39 Å². The van der Waals surface area contributed by atoms with Gasteiger partial charge >= 0.3 is 0 Å². The molecule has 4 rings (SSSR count). The van der Waals surface area contributed by atoms with Crippen molar-refractivity contribution >= 4 is 16.8 Å². The molecule has 0 unspecified atom stereocenters. The van der Waals surface area contributed by atoms with Gasteiger partial charge in [0.15, 0.2) is 0 Å². The fraction of sp³-hybridized carbons (Fsp3) is 0.423. The number of amides is 1. The average molecular weight is 422 g/mol. The van der Waals surface area contributed by atoms with Gasteiger partial charge in [-0.3, -0.25) is 4.79 Å². The molecule has 0 spiro atoms. The van der Waals surface area contributed by atoms with Crippen LogP contribution in [0.4, 0.5) is 4.39 Å². The normalized spacial score (nSPS) is 15.0.